The molecule has 1 heterocycles. The fourth-order valence-electron chi connectivity index (χ4n) is 1.41. The number of hydrogen-bond acceptors (Lipinski definition) is 4. The van der Waals surface area contributed by atoms with E-state index in [0.717, 1.165) is 5.82 Å². The monoisotopic (exact) mass is 212 g/mol. The molecule has 86 valence electrons. The lowest BCUT2D eigenvalue weighted by molar-refractivity contribution is 0.132. The van der Waals surface area contributed by atoms with E-state index in [1.165, 1.54) is 0 Å². The summed E-state index contributed by atoms with van der Waals surface area (Å²) in [5.74, 6) is 0.928. The zero-order chi connectivity index (χ0) is 11.3. The molecule has 0 bridgehead atoms. The Morgan fingerprint density at radius 2 is 2.27 bits per heavy atom. The standard InChI is InChI=1S/C10H20N4O/c1-4-15-6-9(11)5-10-12-7-13-14(10)8(2)3/h7-9H,4-6,11H2,1-3H3. The molecule has 0 aliphatic carbocycles. The van der Waals surface area contributed by atoms with Crippen molar-refractivity contribution in [1.29, 1.82) is 0 Å². The molecule has 5 nitrogen and oxygen atoms in total. The van der Waals surface area contributed by atoms with Gasteiger partial charge in [-0.1, -0.05) is 0 Å². The zero-order valence-corrected chi connectivity index (χ0v) is 9.68. The van der Waals surface area contributed by atoms with E-state index in [1.807, 2.05) is 11.6 Å². The summed E-state index contributed by atoms with van der Waals surface area (Å²) in [4.78, 5) is 4.20. The van der Waals surface area contributed by atoms with Gasteiger partial charge >= 0.3 is 0 Å². The average Bonchev–Trinajstić information content (AvgIpc) is 2.62. The molecule has 2 N–H and O–H groups in total. The highest BCUT2D eigenvalue weighted by Gasteiger charge is 2.11. The Labute approximate surface area is 90.6 Å². The van der Waals surface area contributed by atoms with Crippen molar-refractivity contribution in [3.63, 3.8) is 0 Å². The first kappa shape index (κ1) is 12.1. The molecule has 0 aliphatic rings. The Hall–Kier alpha value is -0.940. The van der Waals surface area contributed by atoms with Gasteiger partial charge in [-0.05, 0) is 20.8 Å². The molecule has 1 aromatic heterocycles. The molecule has 1 unspecified atom stereocenters. The summed E-state index contributed by atoms with van der Waals surface area (Å²) >= 11 is 0. The van der Waals surface area contributed by atoms with Gasteiger partial charge in [-0.15, -0.1) is 0 Å². The fraction of sp³-hybridized carbons (Fsp3) is 0.800. The summed E-state index contributed by atoms with van der Waals surface area (Å²) < 4.78 is 7.16. The Kier molecular flexibility index (Phi) is 4.71. The number of hydrogen-bond donors (Lipinski definition) is 1. The van der Waals surface area contributed by atoms with Crippen molar-refractivity contribution in [3.8, 4) is 0 Å². The molecule has 15 heavy (non-hydrogen) atoms. The van der Waals surface area contributed by atoms with Crippen LogP contribution in [0.3, 0.4) is 0 Å². The van der Waals surface area contributed by atoms with Crippen LogP contribution in [0.2, 0.25) is 0 Å². The highest BCUT2D eigenvalue weighted by atomic mass is 16.5. The maximum absolute atomic E-state index is 5.91. The molecule has 0 spiro atoms. The maximum Gasteiger partial charge on any atom is 0.138 e. The molecule has 5 heteroatoms. The van der Waals surface area contributed by atoms with Gasteiger partial charge < -0.3 is 10.5 Å². The molecule has 1 atom stereocenters. The molecule has 1 aromatic rings. The molecule has 1 rings (SSSR count). The van der Waals surface area contributed by atoms with Crippen molar-refractivity contribution in [2.45, 2.75) is 39.3 Å². The number of nitrogens with two attached hydrogens (primary N) is 1. The predicted octanol–water partition coefficient (Wildman–Crippen LogP) is 0.765. The first-order chi connectivity index (χ1) is 7.15. The molecule has 0 aliphatic heterocycles. The topological polar surface area (TPSA) is 66.0 Å². The Balaban J connectivity index is 2.52. The third kappa shape index (κ3) is 3.60. The minimum atomic E-state index is -0.00773. The molecule has 0 fully saturated rings. The first-order valence-electron chi connectivity index (χ1n) is 5.36. The smallest absolute Gasteiger partial charge is 0.138 e. The SMILES string of the molecule is CCOCC(N)Cc1ncnn1C(C)C. The third-order valence-corrected chi connectivity index (χ3v) is 2.12. The van der Waals surface area contributed by atoms with Crippen LogP contribution in [0.4, 0.5) is 0 Å². The van der Waals surface area contributed by atoms with Crippen molar-refractivity contribution in [3.05, 3.63) is 12.2 Å². The molecule has 0 saturated heterocycles. The quantitative estimate of drug-likeness (QED) is 0.756. The molecule has 0 aromatic carbocycles. The van der Waals surface area contributed by atoms with Gasteiger partial charge in [0.1, 0.15) is 12.2 Å². The maximum atomic E-state index is 5.91. The Morgan fingerprint density at radius 3 is 2.87 bits per heavy atom. The normalized spacial score (nSPS) is 13.4. The van der Waals surface area contributed by atoms with Gasteiger partial charge in [0.05, 0.1) is 6.61 Å². The second-order valence-corrected chi connectivity index (χ2v) is 3.84. The van der Waals surface area contributed by atoms with Gasteiger partial charge in [0.25, 0.3) is 0 Å². The lowest BCUT2D eigenvalue weighted by Gasteiger charge is -2.13. The minimum Gasteiger partial charge on any atom is -0.380 e. The molecular formula is C10H20N4O. The van der Waals surface area contributed by atoms with Crippen LogP contribution in [0.25, 0.3) is 0 Å². The molecule has 0 saturated carbocycles. The zero-order valence-electron chi connectivity index (χ0n) is 9.68. The van der Waals surface area contributed by atoms with Crippen molar-refractivity contribution in [2.24, 2.45) is 5.73 Å². The van der Waals surface area contributed by atoms with Crippen LogP contribution in [0, 0.1) is 0 Å². The lowest BCUT2D eigenvalue weighted by Crippen LogP contribution is -2.30. The fourth-order valence-corrected chi connectivity index (χ4v) is 1.41. The summed E-state index contributed by atoms with van der Waals surface area (Å²) in [5.41, 5.74) is 5.91. The van der Waals surface area contributed by atoms with Crippen LogP contribution in [0.5, 0.6) is 0 Å². The average molecular weight is 212 g/mol. The number of nitrogens with zero attached hydrogens (tertiary/aromatic N) is 3. The van der Waals surface area contributed by atoms with Gasteiger partial charge in [0.2, 0.25) is 0 Å². The summed E-state index contributed by atoms with van der Waals surface area (Å²) in [6.45, 7) is 7.38. The van der Waals surface area contributed by atoms with Crippen LogP contribution in [-0.4, -0.2) is 34.0 Å². The number of aromatic nitrogens is 3. The first-order valence-corrected chi connectivity index (χ1v) is 5.36. The largest absolute Gasteiger partial charge is 0.380 e. The summed E-state index contributed by atoms with van der Waals surface area (Å²) in [6, 6.07) is 0.313. The van der Waals surface area contributed by atoms with Gasteiger partial charge in [-0.25, -0.2) is 9.67 Å². The summed E-state index contributed by atoms with van der Waals surface area (Å²) in [5, 5.41) is 4.16. The van der Waals surface area contributed by atoms with Crippen molar-refractivity contribution in [2.75, 3.05) is 13.2 Å². The van der Waals surface area contributed by atoms with Crippen molar-refractivity contribution in [1.82, 2.24) is 14.8 Å². The predicted molar refractivity (Wildman–Crippen MR) is 58.6 cm³/mol. The number of ether oxygens (including phenoxy) is 1. The van der Waals surface area contributed by atoms with Gasteiger partial charge in [0, 0.05) is 25.1 Å². The van der Waals surface area contributed by atoms with E-state index in [1.54, 1.807) is 6.33 Å². The van der Waals surface area contributed by atoms with Crippen molar-refractivity contribution >= 4 is 0 Å². The van der Waals surface area contributed by atoms with E-state index >= 15 is 0 Å². The summed E-state index contributed by atoms with van der Waals surface area (Å²) in [6.07, 6.45) is 2.28. The highest BCUT2D eigenvalue weighted by Crippen LogP contribution is 2.06. The Morgan fingerprint density at radius 1 is 1.53 bits per heavy atom. The lowest BCUT2D eigenvalue weighted by atomic mass is 10.2. The van der Waals surface area contributed by atoms with E-state index in [-0.39, 0.29) is 6.04 Å². The third-order valence-electron chi connectivity index (χ3n) is 2.12. The van der Waals surface area contributed by atoms with Gasteiger partial charge in [0.15, 0.2) is 0 Å². The van der Waals surface area contributed by atoms with Crippen LogP contribution >= 0.6 is 0 Å². The van der Waals surface area contributed by atoms with Gasteiger partial charge in [-0.3, -0.25) is 0 Å². The van der Waals surface area contributed by atoms with Gasteiger partial charge in [-0.2, -0.15) is 5.10 Å². The highest BCUT2D eigenvalue weighted by molar-refractivity contribution is 4.90. The second kappa shape index (κ2) is 5.82. The van der Waals surface area contributed by atoms with Crippen LogP contribution < -0.4 is 5.73 Å². The molecular weight excluding hydrogens is 192 g/mol. The van der Waals surface area contributed by atoms with E-state index < -0.39 is 0 Å². The molecule has 0 amide bonds. The summed E-state index contributed by atoms with van der Waals surface area (Å²) in [7, 11) is 0. The van der Waals surface area contributed by atoms with E-state index in [0.29, 0.717) is 25.7 Å². The second-order valence-electron chi connectivity index (χ2n) is 3.84. The molecule has 0 radical (unpaired) electrons. The van der Waals surface area contributed by atoms with E-state index in [4.69, 9.17) is 10.5 Å². The van der Waals surface area contributed by atoms with Crippen LogP contribution in [0.15, 0.2) is 6.33 Å². The minimum absolute atomic E-state index is 0.00773. The van der Waals surface area contributed by atoms with Crippen molar-refractivity contribution < 1.29 is 4.74 Å². The Bertz CT molecular complexity index is 285. The van der Waals surface area contributed by atoms with Crippen LogP contribution in [0.1, 0.15) is 32.6 Å². The van der Waals surface area contributed by atoms with E-state index in [2.05, 4.69) is 23.9 Å². The van der Waals surface area contributed by atoms with E-state index in [9.17, 15) is 0 Å². The van der Waals surface area contributed by atoms with Crippen LogP contribution in [-0.2, 0) is 11.2 Å². The number of rotatable bonds is 6.